The number of methoxy groups -OCH3 is 1. The molecule has 4 rings (SSSR count). The fourth-order valence-electron chi connectivity index (χ4n) is 3.68. The number of anilines is 2. The first kappa shape index (κ1) is 19.1. The summed E-state index contributed by atoms with van der Waals surface area (Å²) in [4.78, 5) is 15.0. The van der Waals surface area contributed by atoms with Gasteiger partial charge >= 0.3 is 0 Å². The molecule has 1 N–H and O–H groups in total. The number of nitrogens with zero attached hydrogens (tertiary/aromatic N) is 3. The van der Waals surface area contributed by atoms with Gasteiger partial charge < -0.3 is 15.0 Å². The minimum absolute atomic E-state index is 0.238. The highest BCUT2D eigenvalue weighted by Crippen LogP contribution is 2.26. The first-order valence-electron chi connectivity index (χ1n) is 9.90. The molecule has 6 heteroatoms. The van der Waals surface area contributed by atoms with Crippen molar-refractivity contribution in [2.24, 2.45) is 5.92 Å². The number of hydrogen-bond acceptors (Lipinski definition) is 4. The van der Waals surface area contributed by atoms with Crippen molar-refractivity contribution in [1.82, 2.24) is 9.78 Å². The monoisotopic (exact) mass is 390 g/mol. The fraction of sp³-hybridized carbons (Fsp3) is 0.304. The molecule has 1 aliphatic heterocycles. The van der Waals surface area contributed by atoms with E-state index < -0.39 is 0 Å². The van der Waals surface area contributed by atoms with Gasteiger partial charge in [-0.25, -0.2) is 4.68 Å². The molecule has 0 saturated carbocycles. The number of carbonyl (C=O) groups is 1. The second kappa shape index (κ2) is 7.99. The number of amides is 1. The molecule has 6 nitrogen and oxygen atoms in total. The maximum absolute atomic E-state index is 12.6. The van der Waals surface area contributed by atoms with Crippen molar-refractivity contribution in [3.8, 4) is 11.4 Å². The van der Waals surface area contributed by atoms with E-state index in [1.807, 2.05) is 37.3 Å². The van der Waals surface area contributed by atoms with Gasteiger partial charge in [0.2, 0.25) is 0 Å². The van der Waals surface area contributed by atoms with Crippen LogP contribution < -0.4 is 15.0 Å². The van der Waals surface area contributed by atoms with Crippen LogP contribution in [0, 0.1) is 12.8 Å². The summed E-state index contributed by atoms with van der Waals surface area (Å²) in [6.07, 6.45) is 3.00. The first-order chi connectivity index (χ1) is 14.0. The first-order valence-corrected chi connectivity index (χ1v) is 9.90. The van der Waals surface area contributed by atoms with Gasteiger partial charge in [0.15, 0.2) is 5.69 Å². The van der Waals surface area contributed by atoms with Crippen molar-refractivity contribution < 1.29 is 9.53 Å². The summed E-state index contributed by atoms with van der Waals surface area (Å²) in [6.45, 7) is 6.46. The predicted octanol–water partition coefficient (Wildman–Crippen LogP) is 4.29. The number of aromatic nitrogens is 2. The zero-order valence-corrected chi connectivity index (χ0v) is 17.1. The summed E-state index contributed by atoms with van der Waals surface area (Å²) >= 11 is 0. The van der Waals surface area contributed by atoms with Gasteiger partial charge in [0.05, 0.1) is 7.11 Å². The van der Waals surface area contributed by atoms with Crippen LogP contribution in [-0.2, 0) is 0 Å². The molecule has 2 aromatic carbocycles. The molecular formula is C23H26N4O2. The average Bonchev–Trinajstić information content (AvgIpc) is 3.38. The molecule has 1 aromatic heterocycles. The molecule has 1 aliphatic rings. The minimum Gasteiger partial charge on any atom is -0.494 e. The lowest BCUT2D eigenvalue weighted by Crippen LogP contribution is -2.19. The van der Waals surface area contributed by atoms with Gasteiger partial charge in [0, 0.05) is 30.7 Å². The number of ether oxygens (including phenoxy) is 1. The lowest BCUT2D eigenvalue weighted by atomic mass is 10.2. The lowest BCUT2D eigenvalue weighted by Gasteiger charge is -2.18. The number of nitrogens with one attached hydrogen (secondary N) is 1. The Kier molecular flexibility index (Phi) is 5.25. The number of benzene rings is 2. The van der Waals surface area contributed by atoms with Crippen molar-refractivity contribution >= 4 is 17.3 Å². The molecule has 1 amide bonds. The summed E-state index contributed by atoms with van der Waals surface area (Å²) in [7, 11) is 1.62. The van der Waals surface area contributed by atoms with E-state index in [1.54, 1.807) is 24.1 Å². The molecule has 3 aromatic rings. The minimum atomic E-state index is -0.238. The van der Waals surface area contributed by atoms with Crippen LogP contribution in [0.4, 0.5) is 11.4 Å². The molecule has 2 heterocycles. The van der Waals surface area contributed by atoms with Crippen LogP contribution in [0.3, 0.4) is 0 Å². The molecule has 1 saturated heterocycles. The van der Waals surface area contributed by atoms with E-state index >= 15 is 0 Å². The van der Waals surface area contributed by atoms with Crippen LogP contribution in [0.15, 0.2) is 54.7 Å². The van der Waals surface area contributed by atoms with Gasteiger partial charge in [-0.1, -0.05) is 13.0 Å². The maximum Gasteiger partial charge on any atom is 0.276 e. The molecule has 150 valence electrons. The van der Waals surface area contributed by atoms with Crippen LogP contribution in [0.2, 0.25) is 0 Å². The Bertz CT molecular complexity index is 1010. The van der Waals surface area contributed by atoms with Gasteiger partial charge in [-0.15, -0.1) is 0 Å². The van der Waals surface area contributed by atoms with Crippen molar-refractivity contribution in [2.45, 2.75) is 20.3 Å². The van der Waals surface area contributed by atoms with Gasteiger partial charge in [-0.2, -0.15) is 5.10 Å². The van der Waals surface area contributed by atoms with Crippen LogP contribution in [-0.4, -0.2) is 35.9 Å². The van der Waals surface area contributed by atoms with E-state index in [0.717, 1.165) is 35.9 Å². The van der Waals surface area contributed by atoms with Gasteiger partial charge in [-0.3, -0.25) is 4.79 Å². The summed E-state index contributed by atoms with van der Waals surface area (Å²) in [5, 5.41) is 7.36. The van der Waals surface area contributed by atoms with Gasteiger partial charge in [0.25, 0.3) is 5.91 Å². The summed E-state index contributed by atoms with van der Waals surface area (Å²) in [5.41, 5.74) is 4.20. The number of carbonyl (C=O) groups excluding carboxylic acids is 1. The third-order valence-corrected chi connectivity index (χ3v) is 5.32. The normalized spacial score (nSPS) is 16.1. The van der Waals surface area contributed by atoms with Crippen molar-refractivity contribution in [3.63, 3.8) is 0 Å². The predicted molar refractivity (Wildman–Crippen MR) is 115 cm³/mol. The zero-order valence-electron chi connectivity index (χ0n) is 17.1. The quantitative estimate of drug-likeness (QED) is 0.706. The SMILES string of the molecule is COc1ccc(C)cc1-n1ccc(C(=O)Nc2ccc(N3CCC(C)C3)cc2)n1. The Morgan fingerprint density at radius 1 is 1.17 bits per heavy atom. The highest BCUT2D eigenvalue weighted by molar-refractivity contribution is 6.02. The van der Waals surface area contributed by atoms with E-state index in [1.165, 1.54) is 12.1 Å². The third kappa shape index (κ3) is 4.11. The average molecular weight is 390 g/mol. The van der Waals surface area contributed by atoms with E-state index in [-0.39, 0.29) is 5.91 Å². The second-order valence-corrected chi connectivity index (χ2v) is 7.66. The molecule has 29 heavy (non-hydrogen) atoms. The van der Waals surface area contributed by atoms with E-state index in [9.17, 15) is 4.79 Å². The Hall–Kier alpha value is -3.28. The largest absolute Gasteiger partial charge is 0.494 e. The van der Waals surface area contributed by atoms with Gasteiger partial charge in [-0.05, 0) is 67.3 Å². The highest BCUT2D eigenvalue weighted by Gasteiger charge is 2.19. The Balaban J connectivity index is 1.46. The molecule has 0 aliphatic carbocycles. The molecule has 0 radical (unpaired) electrons. The standard InChI is InChI=1S/C23H26N4O2/c1-16-4-9-22(29-3)21(14-16)27-13-11-20(25-27)23(28)24-18-5-7-19(8-6-18)26-12-10-17(2)15-26/h4-9,11,13-14,17H,10,12,15H2,1-3H3,(H,24,28). The van der Waals surface area contributed by atoms with Gasteiger partial charge in [0.1, 0.15) is 11.4 Å². The maximum atomic E-state index is 12.6. The summed E-state index contributed by atoms with van der Waals surface area (Å²) < 4.78 is 7.08. The van der Waals surface area contributed by atoms with Crippen molar-refractivity contribution in [2.75, 3.05) is 30.4 Å². The molecule has 0 bridgehead atoms. The summed E-state index contributed by atoms with van der Waals surface area (Å²) in [6, 6.07) is 15.6. The molecular weight excluding hydrogens is 364 g/mol. The topological polar surface area (TPSA) is 59.4 Å². The zero-order chi connectivity index (χ0) is 20.4. The molecule has 0 spiro atoms. The van der Waals surface area contributed by atoms with Crippen LogP contribution in [0.25, 0.3) is 5.69 Å². The van der Waals surface area contributed by atoms with Crippen LogP contribution in [0.1, 0.15) is 29.4 Å². The van der Waals surface area contributed by atoms with Crippen molar-refractivity contribution in [3.05, 3.63) is 66.0 Å². The van der Waals surface area contributed by atoms with Crippen molar-refractivity contribution in [1.29, 1.82) is 0 Å². The number of rotatable bonds is 5. The number of hydrogen-bond donors (Lipinski definition) is 1. The van der Waals surface area contributed by atoms with Crippen LogP contribution >= 0.6 is 0 Å². The molecule has 1 fully saturated rings. The van der Waals surface area contributed by atoms with Crippen LogP contribution in [0.5, 0.6) is 5.75 Å². The Morgan fingerprint density at radius 2 is 1.97 bits per heavy atom. The molecule has 1 atom stereocenters. The number of aryl methyl sites for hydroxylation is 1. The smallest absolute Gasteiger partial charge is 0.276 e. The lowest BCUT2D eigenvalue weighted by molar-refractivity contribution is 0.102. The Morgan fingerprint density at radius 3 is 2.66 bits per heavy atom. The Labute approximate surface area is 171 Å². The van der Waals surface area contributed by atoms with E-state index in [2.05, 4.69) is 34.4 Å². The fourth-order valence-corrected chi connectivity index (χ4v) is 3.68. The highest BCUT2D eigenvalue weighted by atomic mass is 16.5. The second-order valence-electron chi connectivity index (χ2n) is 7.66. The summed E-state index contributed by atoms with van der Waals surface area (Å²) in [5.74, 6) is 1.20. The van der Waals surface area contributed by atoms with E-state index in [0.29, 0.717) is 11.4 Å². The molecule has 1 unspecified atom stereocenters. The third-order valence-electron chi connectivity index (χ3n) is 5.32. The van der Waals surface area contributed by atoms with E-state index in [4.69, 9.17) is 4.74 Å².